The number of carbonyl (C=O) groups is 2. The van der Waals surface area contributed by atoms with Crippen LogP contribution in [0.4, 0.5) is 0 Å². The van der Waals surface area contributed by atoms with Gasteiger partial charge in [0.2, 0.25) is 11.5 Å². The van der Waals surface area contributed by atoms with E-state index < -0.39 is 0 Å². The number of aryl methyl sites for hydroxylation is 2. The van der Waals surface area contributed by atoms with Crippen molar-refractivity contribution < 1.29 is 23.5 Å². The van der Waals surface area contributed by atoms with Gasteiger partial charge in [-0.2, -0.15) is 0 Å². The Labute approximate surface area is 316 Å². The van der Waals surface area contributed by atoms with Crippen molar-refractivity contribution in [2.24, 2.45) is 0 Å². The predicted octanol–water partition coefficient (Wildman–Crippen LogP) is 15.5. The monoisotopic (exact) mass is 717 g/mol. The lowest BCUT2D eigenvalue weighted by atomic mass is 10.0. The van der Waals surface area contributed by atoms with Crippen molar-refractivity contribution in [3.8, 4) is 11.5 Å². The molecule has 0 spiro atoms. The number of ether oxygens (including phenoxy) is 2. The third-order valence-corrected chi connectivity index (χ3v) is 10.5. The van der Waals surface area contributed by atoms with Crippen LogP contribution in [-0.4, -0.2) is 11.9 Å². The molecule has 0 aliphatic rings. The quantitative estimate of drug-likeness (QED) is 0.0503. The summed E-state index contributed by atoms with van der Waals surface area (Å²) in [6, 6.07) is 0. The van der Waals surface area contributed by atoms with Gasteiger partial charge >= 0.3 is 11.9 Å². The second kappa shape index (κ2) is 35.3. The molecule has 0 fully saturated rings. The van der Waals surface area contributed by atoms with Gasteiger partial charge in [0, 0.05) is 25.7 Å². The van der Waals surface area contributed by atoms with Crippen LogP contribution in [0.2, 0.25) is 0 Å². The summed E-state index contributed by atoms with van der Waals surface area (Å²) in [5.74, 6) is 1.25. The molecule has 0 aliphatic heterocycles. The molecule has 0 unspecified atom stereocenters. The Balaban J connectivity index is 2.16. The van der Waals surface area contributed by atoms with Crippen molar-refractivity contribution in [3.05, 3.63) is 11.5 Å². The molecule has 0 atom stereocenters. The summed E-state index contributed by atoms with van der Waals surface area (Å²) >= 11 is 0. The van der Waals surface area contributed by atoms with Crippen LogP contribution in [0.1, 0.15) is 258 Å². The fraction of sp³-hybridized carbons (Fsp3) is 0.870. The number of furan rings is 1. The topological polar surface area (TPSA) is 65.7 Å². The highest BCUT2D eigenvalue weighted by molar-refractivity contribution is 5.77. The second-order valence-corrected chi connectivity index (χ2v) is 15.4. The molecular formula is C46H84O5. The molecule has 0 saturated carbocycles. The molecular weight excluding hydrogens is 633 g/mol. The summed E-state index contributed by atoms with van der Waals surface area (Å²) in [4.78, 5) is 25.6. The molecule has 1 heterocycles. The van der Waals surface area contributed by atoms with E-state index >= 15 is 0 Å². The van der Waals surface area contributed by atoms with Crippen molar-refractivity contribution in [2.75, 3.05) is 0 Å². The van der Waals surface area contributed by atoms with Crippen LogP contribution in [0.5, 0.6) is 11.5 Å². The van der Waals surface area contributed by atoms with E-state index in [-0.39, 0.29) is 11.9 Å². The second-order valence-electron chi connectivity index (χ2n) is 15.4. The minimum atomic E-state index is -0.270. The Morgan fingerprint density at radius 3 is 0.784 bits per heavy atom. The maximum Gasteiger partial charge on any atom is 0.311 e. The number of hydrogen-bond donors (Lipinski definition) is 0. The molecule has 5 nitrogen and oxygen atoms in total. The summed E-state index contributed by atoms with van der Waals surface area (Å²) in [7, 11) is 0. The van der Waals surface area contributed by atoms with E-state index in [2.05, 4.69) is 13.8 Å². The highest BCUT2D eigenvalue weighted by Crippen LogP contribution is 2.39. The highest BCUT2D eigenvalue weighted by Gasteiger charge is 2.26. The zero-order valence-electron chi connectivity index (χ0n) is 34.5. The molecule has 5 heteroatoms. The minimum Gasteiger partial charge on any atom is -0.458 e. The molecule has 1 aromatic rings. The van der Waals surface area contributed by atoms with Crippen LogP contribution < -0.4 is 9.47 Å². The average molecular weight is 717 g/mol. The Bertz CT molecular complexity index is 862. The average Bonchev–Trinajstić information content (AvgIpc) is 3.46. The molecule has 0 bridgehead atoms. The van der Waals surface area contributed by atoms with E-state index in [1.807, 2.05) is 13.8 Å². The fourth-order valence-electron chi connectivity index (χ4n) is 7.13. The molecule has 0 radical (unpaired) electrons. The maximum absolute atomic E-state index is 12.8. The first kappa shape index (κ1) is 47.2. The molecule has 298 valence electrons. The van der Waals surface area contributed by atoms with E-state index in [1.54, 1.807) is 0 Å². The highest BCUT2D eigenvalue weighted by atomic mass is 16.6. The summed E-state index contributed by atoms with van der Waals surface area (Å²) in [6.07, 6.45) is 43.6. The van der Waals surface area contributed by atoms with Gasteiger partial charge in [0.1, 0.15) is 0 Å². The van der Waals surface area contributed by atoms with E-state index in [0.717, 1.165) is 25.7 Å². The van der Waals surface area contributed by atoms with E-state index in [1.165, 1.54) is 180 Å². The normalized spacial score (nSPS) is 11.4. The molecule has 0 amide bonds. The predicted molar refractivity (Wildman–Crippen MR) is 217 cm³/mol. The summed E-state index contributed by atoms with van der Waals surface area (Å²) in [6.45, 7) is 8.49. The van der Waals surface area contributed by atoms with E-state index in [0.29, 0.717) is 48.7 Å². The van der Waals surface area contributed by atoms with Crippen LogP contribution in [0.3, 0.4) is 0 Å². The standard InChI is InChI=1S/C46H84O5/c1-5-9-11-13-15-17-19-21-23-25-27-29-31-33-35-37-39-43(47)50-45-41(7-3)49-42(8-4)46(45)51-44(48)40-38-36-34-32-30-28-26-24-22-20-18-16-14-12-10-6-2/h5-40H2,1-4H3. The van der Waals surface area contributed by atoms with Gasteiger partial charge in [-0.25, -0.2) is 0 Å². The number of rotatable bonds is 38. The van der Waals surface area contributed by atoms with Gasteiger partial charge in [-0.05, 0) is 12.8 Å². The van der Waals surface area contributed by atoms with Crippen LogP contribution >= 0.6 is 0 Å². The fourth-order valence-corrected chi connectivity index (χ4v) is 7.13. The summed E-state index contributed by atoms with van der Waals surface area (Å²) < 4.78 is 17.6. The molecule has 0 aromatic carbocycles. The van der Waals surface area contributed by atoms with Gasteiger partial charge in [0.05, 0.1) is 0 Å². The van der Waals surface area contributed by atoms with Crippen LogP contribution in [0.25, 0.3) is 0 Å². The van der Waals surface area contributed by atoms with Gasteiger partial charge in [-0.15, -0.1) is 0 Å². The lowest BCUT2D eigenvalue weighted by molar-refractivity contribution is -0.137. The molecule has 0 saturated heterocycles. The molecule has 1 aromatic heterocycles. The third-order valence-electron chi connectivity index (χ3n) is 10.5. The number of unbranched alkanes of at least 4 members (excludes halogenated alkanes) is 30. The first-order valence-corrected chi connectivity index (χ1v) is 22.6. The van der Waals surface area contributed by atoms with Crippen LogP contribution in [0, 0.1) is 0 Å². The zero-order chi connectivity index (χ0) is 37.0. The SMILES string of the molecule is CCCCCCCCCCCCCCCCCCC(=O)Oc1c(CC)oc(CC)c1OC(=O)CCCCCCCCCCCCCCCCCC. The molecule has 0 aliphatic carbocycles. The number of hydrogen-bond acceptors (Lipinski definition) is 5. The lowest BCUT2D eigenvalue weighted by Gasteiger charge is -2.09. The molecule has 1 rings (SSSR count). The van der Waals surface area contributed by atoms with Gasteiger partial charge < -0.3 is 13.9 Å². The number of carbonyl (C=O) groups excluding carboxylic acids is 2. The minimum absolute atomic E-state index is 0.270. The largest absolute Gasteiger partial charge is 0.458 e. The van der Waals surface area contributed by atoms with Crippen molar-refractivity contribution >= 4 is 11.9 Å². The molecule has 0 N–H and O–H groups in total. The first-order valence-electron chi connectivity index (χ1n) is 22.6. The van der Waals surface area contributed by atoms with Crippen molar-refractivity contribution in [3.63, 3.8) is 0 Å². The smallest absolute Gasteiger partial charge is 0.311 e. The van der Waals surface area contributed by atoms with Gasteiger partial charge in [-0.3, -0.25) is 9.59 Å². The van der Waals surface area contributed by atoms with Gasteiger partial charge in [0.25, 0.3) is 0 Å². The first-order chi connectivity index (χ1) is 25.1. The molecule has 51 heavy (non-hydrogen) atoms. The van der Waals surface area contributed by atoms with E-state index in [9.17, 15) is 9.59 Å². The van der Waals surface area contributed by atoms with Crippen molar-refractivity contribution in [1.29, 1.82) is 0 Å². The van der Waals surface area contributed by atoms with Crippen LogP contribution in [-0.2, 0) is 22.4 Å². The van der Waals surface area contributed by atoms with Crippen molar-refractivity contribution in [1.82, 2.24) is 0 Å². The Hall–Kier alpha value is -1.78. The Morgan fingerprint density at radius 1 is 0.353 bits per heavy atom. The van der Waals surface area contributed by atoms with E-state index in [4.69, 9.17) is 13.9 Å². The van der Waals surface area contributed by atoms with Gasteiger partial charge in [-0.1, -0.05) is 220 Å². The Morgan fingerprint density at radius 2 is 0.569 bits per heavy atom. The van der Waals surface area contributed by atoms with Gasteiger partial charge in [0.15, 0.2) is 11.5 Å². The number of esters is 2. The zero-order valence-corrected chi connectivity index (χ0v) is 34.5. The lowest BCUT2D eigenvalue weighted by Crippen LogP contribution is -2.12. The summed E-state index contributed by atoms with van der Waals surface area (Å²) in [5, 5.41) is 0. The van der Waals surface area contributed by atoms with Crippen LogP contribution in [0.15, 0.2) is 4.42 Å². The third kappa shape index (κ3) is 26.6. The maximum atomic E-state index is 12.8. The Kier molecular flexibility index (Phi) is 32.7. The van der Waals surface area contributed by atoms with Crippen molar-refractivity contribution in [2.45, 2.75) is 259 Å². The summed E-state index contributed by atoms with van der Waals surface area (Å²) in [5.41, 5.74) is 0.